The predicted octanol–water partition coefficient (Wildman–Crippen LogP) is 38.6. The van der Waals surface area contributed by atoms with Crippen molar-refractivity contribution in [1.82, 2.24) is 27.4 Å². The molecule has 150 heavy (non-hydrogen) atoms. The zero-order chi connectivity index (χ0) is 99.1. The molecule has 24 aromatic carbocycles. The molecule has 30 aromatic rings. The standard InChI is InChI=1S/3C48H32N2/c1-4-16-33(17-5-1)38-25-14-26-39(34-18-6-2-7-19-34)48(38)50-44-28-13-11-23-41(44)47-37(24-15-29-46(47)50)35-30-31-45-42(32-35)40-22-10-12-27-43(40)49(45)36-20-8-3-9-21-36;1-4-15-33(16-5-1)38-29-28-37(32-42(38)34-17-6-2-7-18-34)50-45-25-13-11-22-41(45)48-39(23-14-26-47(48)50)35-27-30-46-43(31-35)40-21-10-12-24-44(40)49(46)36-19-8-3-9-20-36;1-4-15-33(16-5-1)35-27-29-38(34-17-6-2-7-18-34)47(32-35)50-44-25-13-11-22-41(44)48-39(23-14-26-46(48)50)36-28-30-45-42(31-36)40-21-10-12-24-43(40)49(45)37-19-8-3-9-20-37/h3*1-32H. The van der Waals surface area contributed by atoms with E-state index >= 15 is 0 Å². The molecule has 6 nitrogen and oxygen atoms in total. The summed E-state index contributed by atoms with van der Waals surface area (Å²) in [5.41, 5.74) is 43.3. The van der Waals surface area contributed by atoms with Crippen LogP contribution in [0.15, 0.2) is 582 Å². The van der Waals surface area contributed by atoms with E-state index in [0.29, 0.717) is 0 Å². The van der Waals surface area contributed by atoms with Gasteiger partial charge in [-0.3, -0.25) is 0 Å². The molecule has 0 unspecified atom stereocenters. The Hall–Kier alpha value is -19.9. The van der Waals surface area contributed by atoms with Crippen molar-refractivity contribution in [3.05, 3.63) is 582 Å². The second-order valence-corrected chi connectivity index (χ2v) is 38.8. The summed E-state index contributed by atoms with van der Waals surface area (Å²) >= 11 is 0. The number of aromatic nitrogens is 6. The fourth-order valence-electron chi connectivity index (χ4n) is 23.8. The zero-order valence-electron chi connectivity index (χ0n) is 82.1. The van der Waals surface area contributed by atoms with Crippen molar-refractivity contribution in [2.45, 2.75) is 0 Å². The Kier molecular flexibility index (Phi) is 21.9. The number of benzene rings is 24. The van der Waals surface area contributed by atoms with Gasteiger partial charge in [0.1, 0.15) is 0 Å². The third-order valence-electron chi connectivity index (χ3n) is 30.4. The van der Waals surface area contributed by atoms with Gasteiger partial charge < -0.3 is 27.4 Å². The average Bonchev–Trinajstić information content (AvgIpc) is 1.54. The maximum Gasteiger partial charge on any atom is 0.0618 e. The van der Waals surface area contributed by atoms with Crippen LogP contribution in [0.2, 0.25) is 0 Å². The molecule has 6 aromatic heterocycles. The Bertz CT molecular complexity index is 10400. The maximum absolute atomic E-state index is 2.50. The Balaban J connectivity index is 0.000000108. The van der Waals surface area contributed by atoms with Crippen molar-refractivity contribution in [2.24, 2.45) is 0 Å². The number of nitrogens with zero attached hydrogens (tertiary/aromatic N) is 6. The highest BCUT2D eigenvalue weighted by atomic mass is 15.0. The molecule has 0 saturated heterocycles. The first kappa shape index (κ1) is 87.8. The quantitative estimate of drug-likeness (QED) is 0.0979. The van der Waals surface area contributed by atoms with Crippen molar-refractivity contribution in [3.8, 4) is 134 Å². The summed E-state index contributed by atoms with van der Waals surface area (Å²) in [7, 11) is 0. The molecule has 6 heteroatoms. The van der Waals surface area contributed by atoms with Crippen molar-refractivity contribution >= 4 is 131 Å². The summed E-state index contributed by atoms with van der Waals surface area (Å²) in [6.07, 6.45) is 0. The maximum atomic E-state index is 2.50. The lowest BCUT2D eigenvalue weighted by atomic mass is 9.94. The number of fused-ring (bicyclic) bond motifs is 18. The zero-order valence-corrected chi connectivity index (χ0v) is 82.1. The summed E-state index contributed by atoms with van der Waals surface area (Å²) < 4.78 is 14.6. The van der Waals surface area contributed by atoms with Crippen molar-refractivity contribution in [2.75, 3.05) is 0 Å². The van der Waals surface area contributed by atoms with Crippen molar-refractivity contribution < 1.29 is 0 Å². The fraction of sp³-hybridized carbons (Fsp3) is 0. The molecule has 0 spiro atoms. The number of hydrogen-bond acceptors (Lipinski definition) is 0. The van der Waals surface area contributed by atoms with E-state index in [1.807, 2.05) is 0 Å². The van der Waals surface area contributed by atoms with E-state index in [1.54, 1.807) is 0 Å². The Morgan fingerprint density at radius 3 is 0.727 bits per heavy atom. The van der Waals surface area contributed by atoms with E-state index in [9.17, 15) is 0 Å². The van der Waals surface area contributed by atoms with Gasteiger partial charge in [0, 0.05) is 104 Å². The summed E-state index contributed by atoms with van der Waals surface area (Å²) in [6.45, 7) is 0. The first-order chi connectivity index (χ1) is 74.5. The van der Waals surface area contributed by atoms with Crippen LogP contribution in [0.3, 0.4) is 0 Å². The number of rotatable bonds is 15. The average molecular weight is 1910 g/mol. The minimum atomic E-state index is 1.15. The van der Waals surface area contributed by atoms with E-state index < -0.39 is 0 Å². The molecule has 0 fully saturated rings. The van der Waals surface area contributed by atoms with Gasteiger partial charge in [-0.2, -0.15) is 0 Å². The van der Waals surface area contributed by atoms with Crippen LogP contribution < -0.4 is 0 Å². The first-order valence-corrected chi connectivity index (χ1v) is 51.6. The third-order valence-corrected chi connectivity index (χ3v) is 30.4. The Labute approximate surface area is 868 Å². The van der Waals surface area contributed by atoms with Crippen LogP contribution in [0.5, 0.6) is 0 Å². The third kappa shape index (κ3) is 15.0. The highest BCUT2D eigenvalue weighted by Gasteiger charge is 2.28. The SMILES string of the molecule is c1ccc(-c2ccc(-c3ccccc3)c(-n3c4ccccc4c4c(-c5ccc6c(c5)c5ccccc5n6-c5ccccc5)cccc43)c2)cc1.c1ccc(-c2ccc(-n3c4ccccc4c4c(-c5ccc6c(c5)c5ccccc5n6-c5ccccc5)cccc43)cc2-c2ccccc2)cc1.c1ccc(-c2cccc(-c3ccccc3)c2-n2c3ccccc3c3c(-c4ccc5c(c4)c4ccccc4n5-c4ccccc4)cccc32)cc1. The van der Waals surface area contributed by atoms with E-state index in [1.165, 1.54) is 259 Å². The Morgan fingerprint density at radius 2 is 0.347 bits per heavy atom. The van der Waals surface area contributed by atoms with Gasteiger partial charge in [-0.05, 0) is 229 Å². The molecule has 30 rings (SSSR count). The molecule has 0 aliphatic carbocycles. The van der Waals surface area contributed by atoms with E-state index in [2.05, 4.69) is 610 Å². The highest BCUT2D eigenvalue weighted by Crippen LogP contribution is 2.50. The van der Waals surface area contributed by atoms with Gasteiger partial charge in [-0.15, -0.1) is 0 Å². The smallest absolute Gasteiger partial charge is 0.0618 e. The van der Waals surface area contributed by atoms with Gasteiger partial charge in [0.05, 0.1) is 77.6 Å². The lowest BCUT2D eigenvalue weighted by Crippen LogP contribution is -2.00. The molecule has 0 N–H and O–H groups in total. The van der Waals surface area contributed by atoms with Crippen LogP contribution in [-0.2, 0) is 0 Å². The summed E-state index contributed by atoms with van der Waals surface area (Å²) in [5, 5.41) is 15.1. The van der Waals surface area contributed by atoms with Gasteiger partial charge in [0.25, 0.3) is 0 Å². The largest absolute Gasteiger partial charge is 0.309 e. The lowest BCUT2D eigenvalue weighted by molar-refractivity contribution is 1.18. The van der Waals surface area contributed by atoms with Crippen LogP contribution in [0, 0.1) is 0 Å². The molecular weight excluding hydrogens is 1810 g/mol. The molecular formula is C144H96N6. The molecule has 702 valence electrons. The van der Waals surface area contributed by atoms with Crippen LogP contribution >= 0.6 is 0 Å². The first-order valence-electron chi connectivity index (χ1n) is 51.6. The van der Waals surface area contributed by atoms with E-state index in [4.69, 9.17) is 0 Å². The van der Waals surface area contributed by atoms with Crippen LogP contribution in [0.25, 0.3) is 265 Å². The molecule has 0 amide bonds. The van der Waals surface area contributed by atoms with E-state index in [0.717, 1.165) is 5.69 Å². The van der Waals surface area contributed by atoms with Crippen molar-refractivity contribution in [3.63, 3.8) is 0 Å². The van der Waals surface area contributed by atoms with Gasteiger partial charge in [-0.25, -0.2) is 0 Å². The molecule has 0 aliphatic heterocycles. The number of para-hydroxylation sites is 10. The normalized spacial score (nSPS) is 11.6. The van der Waals surface area contributed by atoms with Crippen LogP contribution in [0.1, 0.15) is 0 Å². The van der Waals surface area contributed by atoms with Gasteiger partial charge >= 0.3 is 0 Å². The van der Waals surface area contributed by atoms with Crippen molar-refractivity contribution in [1.29, 1.82) is 0 Å². The summed E-state index contributed by atoms with van der Waals surface area (Å²) in [4.78, 5) is 0. The molecule has 0 radical (unpaired) electrons. The molecule has 0 bridgehead atoms. The minimum absolute atomic E-state index is 1.15. The van der Waals surface area contributed by atoms with E-state index in [-0.39, 0.29) is 0 Å². The fourth-order valence-corrected chi connectivity index (χ4v) is 23.8. The number of hydrogen-bond donors (Lipinski definition) is 0. The second kappa shape index (κ2) is 37.4. The van der Waals surface area contributed by atoms with Gasteiger partial charge in [-0.1, -0.05) is 437 Å². The van der Waals surface area contributed by atoms with Gasteiger partial charge in [0.15, 0.2) is 0 Å². The summed E-state index contributed by atoms with van der Waals surface area (Å²) in [5.74, 6) is 0. The minimum Gasteiger partial charge on any atom is -0.309 e. The molecule has 0 saturated carbocycles. The van der Waals surface area contributed by atoms with Crippen LogP contribution in [-0.4, -0.2) is 27.4 Å². The topological polar surface area (TPSA) is 29.6 Å². The molecule has 6 heterocycles. The lowest BCUT2D eigenvalue weighted by Gasteiger charge is -2.19. The molecule has 0 aliphatic rings. The van der Waals surface area contributed by atoms with Gasteiger partial charge in [0.2, 0.25) is 0 Å². The second-order valence-electron chi connectivity index (χ2n) is 38.8. The highest BCUT2D eigenvalue weighted by molar-refractivity contribution is 6.22. The monoisotopic (exact) mass is 1910 g/mol. The predicted molar refractivity (Wildman–Crippen MR) is 634 cm³/mol. The molecule has 0 atom stereocenters. The summed E-state index contributed by atoms with van der Waals surface area (Å²) in [6, 6.07) is 211. The Morgan fingerprint density at radius 1 is 0.100 bits per heavy atom. The van der Waals surface area contributed by atoms with Crippen LogP contribution in [0.4, 0.5) is 0 Å².